The lowest BCUT2D eigenvalue weighted by Crippen LogP contribution is -2.33. The second-order valence-corrected chi connectivity index (χ2v) is 10.7. The zero-order valence-electron chi connectivity index (χ0n) is 17.8. The van der Waals surface area contributed by atoms with Crippen molar-refractivity contribution >= 4 is 41.6 Å². The molecule has 0 fully saturated rings. The maximum atomic E-state index is 12.9. The summed E-state index contributed by atoms with van der Waals surface area (Å²) in [5.74, 6) is 0.537. The zero-order chi connectivity index (χ0) is 23.7. The Bertz CT molecular complexity index is 981. The first-order chi connectivity index (χ1) is 15.1. The Hall–Kier alpha value is -1.47. The molecule has 0 radical (unpaired) electrons. The van der Waals surface area contributed by atoms with Crippen LogP contribution in [0.5, 0.6) is 0 Å². The molecule has 0 spiro atoms. The van der Waals surface area contributed by atoms with Gasteiger partial charge in [-0.05, 0) is 13.0 Å². The highest BCUT2D eigenvalue weighted by molar-refractivity contribution is 8.13. The zero-order valence-corrected chi connectivity index (χ0v) is 20.3. The van der Waals surface area contributed by atoms with Gasteiger partial charge in [0.25, 0.3) is 5.56 Å². The molecule has 11 nitrogen and oxygen atoms in total. The third-order valence-electron chi connectivity index (χ3n) is 3.90. The second-order valence-electron chi connectivity index (χ2n) is 6.52. The number of thioether (sulfide) groups is 2. The van der Waals surface area contributed by atoms with E-state index in [4.69, 9.17) is 18.3 Å². The van der Waals surface area contributed by atoms with E-state index in [1.807, 2.05) is 0 Å². The molecule has 2 atom stereocenters. The van der Waals surface area contributed by atoms with Crippen molar-refractivity contribution in [3.05, 3.63) is 44.8 Å². The van der Waals surface area contributed by atoms with Gasteiger partial charge < -0.3 is 4.74 Å². The normalized spacial score (nSPS) is 18.2. The number of carbonyl (C=O) groups excluding carboxylic acids is 2. The molecule has 2 heterocycles. The van der Waals surface area contributed by atoms with Crippen molar-refractivity contribution in [2.45, 2.75) is 33.1 Å². The smallest absolute Gasteiger partial charge is 0.344 e. The Kier molecular flexibility index (Phi) is 10.6. The maximum Gasteiger partial charge on any atom is 0.474 e. The van der Waals surface area contributed by atoms with Gasteiger partial charge in [0.15, 0.2) is 16.5 Å². The third-order valence-corrected chi connectivity index (χ3v) is 6.92. The summed E-state index contributed by atoms with van der Waals surface area (Å²) < 4.78 is 35.8. The number of rotatable bonds is 12. The number of hydrogen-bond acceptors (Lipinski definition) is 11. The van der Waals surface area contributed by atoms with Crippen LogP contribution in [0.3, 0.4) is 0 Å². The summed E-state index contributed by atoms with van der Waals surface area (Å²) in [6.07, 6.45) is 3.19. The lowest BCUT2D eigenvalue weighted by molar-refractivity contribution is -0.109. The molecule has 0 saturated heterocycles. The predicted molar refractivity (Wildman–Crippen MR) is 121 cm³/mol. The quantitative estimate of drug-likeness (QED) is 0.252. The average molecular weight is 509 g/mol. The number of H-pyrrole nitrogens is 1. The number of hydrogen-bond donors (Lipinski definition) is 1. The minimum Gasteiger partial charge on any atom is -0.344 e. The average Bonchev–Trinajstić information content (AvgIpc) is 3.19. The molecule has 0 amide bonds. The molecule has 0 saturated carbocycles. The summed E-state index contributed by atoms with van der Waals surface area (Å²) in [6, 6.07) is 0. The first kappa shape index (κ1) is 26.8. The lowest BCUT2D eigenvalue weighted by atomic mass is 10.3. The van der Waals surface area contributed by atoms with Crippen LogP contribution in [-0.2, 0) is 32.5 Å². The second kappa shape index (κ2) is 12.7. The first-order valence-electron chi connectivity index (χ1n) is 9.56. The Labute approximate surface area is 192 Å². The number of carbonyl (C=O) groups is 2. The topological polar surface area (TPSA) is 143 Å². The van der Waals surface area contributed by atoms with Crippen LogP contribution in [0.15, 0.2) is 27.9 Å². The Morgan fingerprint density at radius 1 is 1.09 bits per heavy atom. The summed E-state index contributed by atoms with van der Waals surface area (Å²) in [5, 5.41) is -0.210. The van der Waals surface area contributed by atoms with Gasteiger partial charge in [-0.2, -0.15) is 0 Å². The molecule has 0 aliphatic carbocycles. The fraction of sp³-hybridized carbons (Fsp3) is 0.556. The minimum absolute atomic E-state index is 0.0442. The van der Waals surface area contributed by atoms with Crippen LogP contribution in [0, 0.1) is 6.92 Å². The standard InChI is InChI=1S/C18H25N2O9PS2/c1-12-10-20(18(24)19-17(12)23)16-5-4-15(29-16)11-28-30(25,26-6-8-31-13(2)21)27-7-9-32-14(3)22/h4-5,10,15-16H,6-9,11H2,1-3H3,(H,19,23,24)/t15-,16+/m0/s1. The molecule has 0 aromatic carbocycles. The van der Waals surface area contributed by atoms with Crippen molar-refractivity contribution in [2.75, 3.05) is 31.3 Å². The maximum absolute atomic E-state index is 12.9. The minimum atomic E-state index is -3.99. The number of phosphoric ester groups is 1. The van der Waals surface area contributed by atoms with E-state index >= 15 is 0 Å². The summed E-state index contributed by atoms with van der Waals surface area (Å²) in [7, 11) is -3.99. The van der Waals surface area contributed by atoms with Crippen LogP contribution in [0.2, 0.25) is 0 Å². The fourth-order valence-electron chi connectivity index (χ4n) is 2.46. The van der Waals surface area contributed by atoms with Crippen molar-refractivity contribution in [1.82, 2.24) is 9.55 Å². The fourth-order valence-corrected chi connectivity index (χ4v) is 4.80. The Morgan fingerprint density at radius 3 is 2.25 bits per heavy atom. The highest BCUT2D eigenvalue weighted by Crippen LogP contribution is 2.50. The molecule has 1 N–H and O–H groups in total. The molecule has 1 aromatic heterocycles. The number of phosphoric acid groups is 1. The van der Waals surface area contributed by atoms with Crippen LogP contribution in [0.4, 0.5) is 0 Å². The molecule has 1 aliphatic heterocycles. The summed E-state index contributed by atoms with van der Waals surface area (Å²) in [5.41, 5.74) is -0.756. The molecule has 0 bridgehead atoms. The van der Waals surface area contributed by atoms with Gasteiger partial charge >= 0.3 is 13.5 Å². The van der Waals surface area contributed by atoms with Gasteiger partial charge in [-0.1, -0.05) is 29.6 Å². The van der Waals surface area contributed by atoms with Crippen molar-refractivity contribution in [3.63, 3.8) is 0 Å². The van der Waals surface area contributed by atoms with Crippen LogP contribution < -0.4 is 11.2 Å². The Balaban J connectivity index is 1.93. The molecule has 14 heteroatoms. The van der Waals surface area contributed by atoms with E-state index < -0.39 is 31.4 Å². The van der Waals surface area contributed by atoms with Crippen LogP contribution in [0.25, 0.3) is 0 Å². The van der Waals surface area contributed by atoms with E-state index in [9.17, 15) is 23.7 Å². The molecular weight excluding hydrogens is 483 g/mol. The van der Waals surface area contributed by atoms with E-state index in [-0.39, 0.29) is 41.6 Å². The molecular formula is C18H25N2O9PS2. The number of aromatic amines is 1. The van der Waals surface area contributed by atoms with Crippen molar-refractivity contribution < 1.29 is 32.5 Å². The van der Waals surface area contributed by atoms with Gasteiger partial charge in [-0.25, -0.2) is 9.36 Å². The third kappa shape index (κ3) is 8.81. The van der Waals surface area contributed by atoms with Crippen LogP contribution in [0.1, 0.15) is 25.6 Å². The van der Waals surface area contributed by atoms with Gasteiger partial charge in [-0.3, -0.25) is 37.5 Å². The SMILES string of the molecule is CC(=O)SCCOP(=O)(OCCSC(C)=O)OC[C@@H]1C=C[C@H](n2cc(C)c(=O)[nH]c2=O)O1. The van der Waals surface area contributed by atoms with E-state index in [1.54, 1.807) is 19.1 Å². The highest BCUT2D eigenvalue weighted by atomic mass is 32.2. The number of aromatic nitrogens is 2. The molecule has 32 heavy (non-hydrogen) atoms. The molecule has 1 aromatic rings. The van der Waals surface area contributed by atoms with Crippen molar-refractivity contribution in [1.29, 1.82) is 0 Å². The van der Waals surface area contributed by atoms with Gasteiger partial charge in [0.1, 0.15) is 6.10 Å². The summed E-state index contributed by atoms with van der Waals surface area (Å²) in [4.78, 5) is 47.8. The van der Waals surface area contributed by atoms with Gasteiger partial charge in [-0.15, -0.1) is 0 Å². The van der Waals surface area contributed by atoms with Crippen LogP contribution >= 0.6 is 31.3 Å². The number of nitrogens with one attached hydrogen (secondary N) is 1. The molecule has 1 aliphatic rings. The monoisotopic (exact) mass is 508 g/mol. The highest BCUT2D eigenvalue weighted by Gasteiger charge is 2.30. The van der Waals surface area contributed by atoms with Gasteiger partial charge in [0.05, 0.1) is 19.8 Å². The van der Waals surface area contributed by atoms with E-state index in [2.05, 4.69) is 4.98 Å². The van der Waals surface area contributed by atoms with Gasteiger partial charge in [0, 0.05) is 37.1 Å². The van der Waals surface area contributed by atoms with Crippen molar-refractivity contribution in [3.8, 4) is 0 Å². The number of ether oxygens (including phenoxy) is 1. The number of nitrogens with zero attached hydrogens (tertiary/aromatic N) is 1. The molecule has 178 valence electrons. The van der Waals surface area contributed by atoms with Gasteiger partial charge in [0.2, 0.25) is 0 Å². The lowest BCUT2D eigenvalue weighted by Gasteiger charge is -2.20. The summed E-state index contributed by atoms with van der Waals surface area (Å²) in [6.45, 7) is 4.10. The van der Waals surface area contributed by atoms with E-state index in [0.717, 1.165) is 23.5 Å². The summed E-state index contributed by atoms with van der Waals surface area (Å²) >= 11 is 2.02. The predicted octanol–water partition coefficient (Wildman–Crippen LogP) is 2.02. The molecule has 0 unspecified atom stereocenters. The Morgan fingerprint density at radius 2 is 1.69 bits per heavy atom. The largest absolute Gasteiger partial charge is 0.474 e. The number of aryl methyl sites for hydroxylation is 1. The first-order valence-corrected chi connectivity index (χ1v) is 13.0. The van der Waals surface area contributed by atoms with Crippen LogP contribution in [-0.4, -0.2) is 57.2 Å². The molecule has 2 rings (SSSR count). The van der Waals surface area contributed by atoms with E-state index in [1.165, 1.54) is 24.6 Å². The van der Waals surface area contributed by atoms with E-state index in [0.29, 0.717) is 5.56 Å². The van der Waals surface area contributed by atoms with Crippen molar-refractivity contribution in [2.24, 2.45) is 0 Å².